The molecule has 1 rings (SSSR count). The van der Waals surface area contributed by atoms with Gasteiger partial charge in [-0.2, -0.15) is 13.2 Å². The molecule has 0 aliphatic rings. The van der Waals surface area contributed by atoms with Crippen molar-refractivity contribution in [1.29, 1.82) is 0 Å². The highest BCUT2D eigenvalue weighted by Crippen LogP contribution is 2.31. The molecule has 0 N–H and O–H groups in total. The quantitative estimate of drug-likeness (QED) is 0.745. The van der Waals surface area contributed by atoms with Gasteiger partial charge in [-0.15, -0.1) is 0 Å². The predicted octanol–water partition coefficient (Wildman–Crippen LogP) is 2.51. The monoisotopic (exact) mass is 231 g/mol. The number of rotatable bonds is 3. The SMILES string of the molecule is CN(C)C(C=O)c1cccc(C(F)(F)F)c1. The lowest BCUT2D eigenvalue weighted by Gasteiger charge is -2.19. The fourth-order valence-electron chi connectivity index (χ4n) is 1.40. The number of hydrogen-bond donors (Lipinski definition) is 0. The van der Waals surface area contributed by atoms with E-state index >= 15 is 0 Å². The Bertz CT molecular complexity index is 374. The maximum absolute atomic E-state index is 12.4. The predicted molar refractivity (Wildman–Crippen MR) is 53.9 cm³/mol. The maximum atomic E-state index is 12.4. The number of halogens is 3. The Labute approximate surface area is 91.7 Å². The number of likely N-dealkylation sites (N-methyl/N-ethyl adjacent to an activating group) is 1. The molecule has 0 saturated heterocycles. The van der Waals surface area contributed by atoms with E-state index in [1.807, 2.05) is 0 Å². The lowest BCUT2D eigenvalue weighted by Crippen LogP contribution is -2.21. The fourth-order valence-corrected chi connectivity index (χ4v) is 1.40. The Morgan fingerprint density at radius 2 is 1.94 bits per heavy atom. The Hall–Kier alpha value is -1.36. The molecule has 0 aromatic heterocycles. The first-order valence-electron chi connectivity index (χ1n) is 4.65. The van der Waals surface area contributed by atoms with Crippen LogP contribution in [0.5, 0.6) is 0 Å². The Kier molecular flexibility index (Phi) is 3.70. The van der Waals surface area contributed by atoms with E-state index in [2.05, 4.69) is 0 Å². The molecule has 0 spiro atoms. The van der Waals surface area contributed by atoms with Crippen molar-refractivity contribution in [2.24, 2.45) is 0 Å². The highest BCUT2D eigenvalue weighted by atomic mass is 19.4. The third-order valence-corrected chi connectivity index (χ3v) is 2.24. The van der Waals surface area contributed by atoms with Crippen LogP contribution in [0.2, 0.25) is 0 Å². The van der Waals surface area contributed by atoms with Crippen LogP contribution in [0.4, 0.5) is 13.2 Å². The number of carbonyl (C=O) groups is 1. The van der Waals surface area contributed by atoms with Crippen molar-refractivity contribution in [1.82, 2.24) is 4.90 Å². The first-order chi connectivity index (χ1) is 7.36. The summed E-state index contributed by atoms with van der Waals surface area (Å²) in [5.41, 5.74) is -0.395. The van der Waals surface area contributed by atoms with Gasteiger partial charge in [0.15, 0.2) is 0 Å². The highest BCUT2D eigenvalue weighted by molar-refractivity contribution is 5.61. The van der Waals surface area contributed by atoms with Gasteiger partial charge < -0.3 is 4.79 Å². The smallest absolute Gasteiger partial charge is 0.301 e. The van der Waals surface area contributed by atoms with Gasteiger partial charge in [0.1, 0.15) is 6.29 Å². The number of benzene rings is 1. The van der Waals surface area contributed by atoms with Gasteiger partial charge in [0, 0.05) is 0 Å². The lowest BCUT2D eigenvalue weighted by atomic mass is 10.0. The van der Waals surface area contributed by atoms with E-state index in [0.29, 0.717) is 11.8 Å². The van der Waals surface area contributed by atoms with Crippen LogP contribution in [0.1, 0.15) is 17.2 Å². The van der Waals surface area contributed by atoms with Gasteiger partial charge in [-0.3, -0.25) is 4.90 Å². The average Bonchev–Trinajstić information content (AvgIpc) is 2.17. The average molecular weight is 231 g/mol. The number of carbonyl (C=O) groups excluding carboxylic acids is 1. The molecule has 2 nitrogen and oxygen atoms in total. The van der Waals surface area contributed by atoms with E-state index in [1.54, 1.807) is 19.0 Å². The fraction of sp³-hybridized carbons (Fsp3) is 0.364. The number of alkyl halides is 3. The molecule has 0 heterocycles. The molecule has 0 bridgehead atoms. The zero-order valence-electron chi connectivity index (χ0n) is 8.95. The zero-order chi connectivity index (χ0) is 12.3. The summed E-state index contributed by atoms with van der Waals surface area (Å²) in [5.74, 6) is 0. The summed E-state index contributed by atoms with van der Waals surface area (Å²) < 4.78 is 37.3. The largest absolute Gasteiger partial charge is 0.416 e. The van der Waals surface area contributed by atoms with Gasteiger partial charge in [0.25, 0.3) is 0 Å². The van der Waals surface area contributed by atoms with Crippen molar-refractivity contribution in [3.8, 4) is 0 Å². The molecule has 0 aliphatic carbocycles. The normalized spacial score (nSPS) is 13.9. The molecule has 0 aliphatic heterocycles. The minimum Gasteiger partial charge on any atom is -0.301 e. The van der Waals surface area contributed by atoms with E-state index in [-0.39, 0.29) is 0 Å². The maximum Gasteiger partial charge on any atom is 0.416 e. The molecule has 0 amide bonds. The van der Waals surface area contributed by atoms with Crippen LogP contribution < -0.4 is 0 Å². The second-order valence-electron chi connectivity index (χ2n) is 3.67. The molecule has 1 aromatic rings. The summed E-state index contributed by atoms with van der Waals surface area (Å²) in [7, 11) is 3.28. The molecule has 5 heteroatoms. The minimum atomic E-state index is -4.38. The second kappa shape index (κ2) is 4.65. The van der Waals surface area contributed by atoms with E-state index in [4.69, 9.17) is 0 Å². The van der Waals surface area contributed by atoms with Gasteiger partial charge >= 0.3 is 6.18 Å². The topological polar surface area (TPSA) is 20.3 Å². The molecular formula is C11H12F3NO. The molecule has 16 heavy (non-hydrogen) atoms. The molecule has 1 unspecified atom stereocenters. The first-order valence-corrected chi connectivity index (χ1v) is 4.65. The number of aldehydes is 1. The highest BCUT2D eigenvalue weighted by Gasteiger charge is 2.31. The standard InChI is InChI=1S/C11H12F3NO/c1-15(2)10(7-16)8-4-3-5-9(6-8)11(12,13)14/h3-7,10H,1-2H3. The van der Waals surface area contributed by atoms with Crippen molar-refractivity contribution in [3.63, 3.8) is 0 Å². The first kappa shape index (κ1) is 12.7. The van der Waals surface area contributed by atoms with Crippen molar-refractivity contribution >= 4 is 6.29 Å². The Morgan fingerprint density at radius 3 is 2.38 bits per heavy atom. The molecular weight excluding hydrogens is 219 g/mol. The van der Waals surface area contributed by atoms with E-state index < -0.39 is 17.8 Å². The van der Waals surface area contributed by atoms with Crippen LogP contribution in [0.25, 0.3) is 0 Å². The molecule has 1 aromatic carbocycles. The van der Waals surface area contributed by atoms with Gasteiger partial charge in [-0.1, -0.05) is 12.1 Å². The summed E-state index contributed by atoms with van der Waals surface area (Å²) in [6.45, 7) is 0. The lowest BCUT2D eigenvalue weighted by molar-refractivity contribution is -0.137. The summed E-state index contributed by atoms with van der Waals surface area (Å²) >= 11 is 0. The van der Waals surface area contributed by atoms with Crippen molar-refractivity contribution in [3.05, 3.63) is 35.4 Å². The van der Waals surface area contributed by atoms with Crippen LogP contribution in [0.15, 0.2) is 24.3 Å². The van der Waals surface area contributed by atoms with Crippen LogP contribution in [0, 0.1) is 0 Å². The summed E-state index contributed by atoms with van der Waals surface area (Å²) in [5, 5.41) is 0. The zero-order valence-corrected chi connectivity index (χ0v) is 8.95. The Balaban J connectivity index is 3.11. The molecule has 0 saturated carbocycles. The number of hydrogen-bond acceptors (Lipinski definition) is 2. The second-order valence-corrected chi connectivity index (χ2v) is 3.67. The van der Waals surface area contributed by atoms with Crippen molar-refractivity contribution < 1.29 is 18.0 Å². The van der Waals surface area contributed by atoms with Gasteiger partial charge in [0.2, 0.25) is 0 Å². The third-order valence-electron chi connectivity index (χ3n) is 2.24. The third kappa shape index (κ3) is 2.82. The van der Waals surface area contributed by atoms with Gasteiger partial charge in [-0.25, -0.2) is 0 Å². The van der Waals surface area contributed by atoms with E-state index in [1.165, 1.54) is 12.1 Å². The minimum absolute atomic E-state index is 0.342. The summed E-state index contributed by atoms with van der Waals surface area (Å²) in [4.78, 5) is 12.3. The van der Waals surface area contributed by atoms with Crippen LogP contribution in [0.3, 0.4) is 0 Å². The van der Waals surface area contributed by atoms with Crippen LogP contribution >= 0.6 is 0 Å². The van der Waals surface area contributed by atoms with E-state index in [0.717, 1.165) is 12.1 Å². The van der Waals surface area contributed by atoms with E-state index in [9.17, 15) is 18.0 Å². The van der Waals surface area contributed by atoms with Crippen LogP contribution in [-0.4, -0.2) is 25.3 Å². The molecule has 1 atom stereocenters. The van der Waals surface area contributed by atoms with Crippen molar-refractivity contribution in [2.45, 2.75) is 12.2 Å². The summed E-state index contributed by atoms with van der Waals surface area (Å²) in [6.07, 6.45) is -3.76. The molecule has 0 fully saturated rings. The van der Waals surface area contributed by atoms with Gasteiger partial charge in [-0.05, 0) is 31.8 Å². The summed E-state index contributed by atoms with van der Waals surface area (Å²) in [6, 6.07) is 4.15. The van der Waals surface area contributed by atoms with Crippen LogP contribution in [-0.2, 0) is 11.0 Å². The molecule has 0 radical (unpaired) electrons. The Morgan fingerprint density at radius 1 is 1.31 bits per heavy atom. The number of nitrogens with zero attached hydrogens (tertiary/aromatic N) is 1. The van der Waals surface area contributed by atoms with Gasteiger partial charge in [0.05, 0.1) is 11.6 Å². The van der Waals surface area contributed by atoms with Crippen molar-refractivity contribution in [2.75, 3.05) is 14.1 Å². The molecule has 88 valence electrons.